The van der Waals surface area contributed by atoms with Gasteiger partial charge in [0, 0.05) is 6.08 Å². The molecule has 2 aliphatic rings. The number of rotatable bonds is 5. The zero-order valence-corrected chi connectivity index (χ0v) is 16.4. The molecule has 0 spiro atoms. The second-order valence-corrected chi connectivity index (χ2v) is 7.77. The fraction of sp³-hybridized carbons (Fsp3) is 0.522. The van der Waals surface area contributed by atoms with Crippen LogP contribution in [-0.4, -0.2) is 12.6 Å². The fourth-order valence-electron chi connectivity index (χ4n) is 3.76. The smallest absolute Gasteiger partial charge is 0.330 e. The molecule has 2 aliphatic carbocycles. The maximum Gasteiger partial charge on any atom is 0.330 e. The fourth-order valence-corrected chi connectivity index (χ4v) is 3.76. The van der Waals surface area contributed by atoms with Crippen molar-refractivity contribution in [3.05, 3.63) is 58.2 Å². The largest absolute Gasteiger partial charge is 0.463 e. The Morgan fingerprint density at radius 1 is 1.24 bits per heavy atom. The molecular weight excluding hydrogens is 308 g/mol. The highest BCUT2D eigenvalue weighted by Crippen LogP contribution is 2.46. The number of ether oxygens (including phenoxy) is 1. The molecule has 0 aliphatic heterocycles. The van der Waals surface area contributed by atoms with Gasteiger partial charge < -0.3 is 4.74 Å². The summed E-state index contributed by atoms with van der Waals surface area (Å²) in [7, 11) is 0. The monoisotopic (exact) mass is 340 g/mol. The van der Waals surface area contributed by atoms with Crippen molar-refractivity contribution in [3.8, 4) is 0 Å². The van der Waals surface area contributed by atoms with Gasteiger partial charge in [0.25, 0.3) is 0 Å². The Morgan fingerprint density at radius 3 is 2.72 bits per heavy atom. The number of carbonyl (C=O) groups is 1. The number of hydrogen-bond donors (Lipinski definition) is 0. The Bertz CT molecular complexity index is 666. The first-order valence-corrected chi connectivity index (χ1v) is 9.47. The Hall–Kier alpha value is -1.83. The van der Waals surface area contributed by atoms with E-state index in [0.717, 1.165) is 12.0 Å². The van der Waals surface area contributed by atoms with Gasteiger partial charge in [-0.2, -0.15) is 0 Å². The standard InChI is InChI=1S/C23H32O2/c1-6-25-22(24)15-17(2)9-7-10-18(3)20-13-12-19-11-8-14-23(4,5)21(19)16-20/h7,9-10,15-16H,6,8,11-14H2,1-5H3/b9-7+,17-15+,18-10-. The molecule has 2 heteroatoms. The first kappa shape index (κ1) is 19.5. The first-order valence-electron chi connectivity index (χ1n) is 9.47. The third-order valence-electron chi connectivity index (χ3n) is 5.25. The molecule has 0 saturated carbocycles. The molecule has 0 aromatic carbocycles. The van der Waals surface area contributed by atoms with Gasteiger partial charge in [0.2, 0.25) is 0 Å². The number of hydrogen-bond acceptors (Lipinski definition) is 2. The summed E-state index contributed by atoms with van der Waals surface area (Å²) in [5.41, 5.74) is 7.23. The highest BCUT2D eigenvalue weighted by molar-refractivity contribution is 5.83. The molecular formula is C23H32O2. The quantitative estimate of drug-likeness (QED) is 0.337. The minimum absolute atomic E-state index is 0.278. The van der Waals surface area contributed by atoms with Gasteiger partial charge >= 0.3 is 5.97 Å². The van der Waals surface area contributed by atoms with Crippen LogP contribution in [0.15, 0.2) is 58.2 Å². The number of carbonyl (C=O) groups excluding carboxylic acids is 1. The van der Waals surface area contributed by atoms with Gasteiger partial charge in [-0.1, -0.05) is 43.7 Å². The maximum atomic E-state index is 11.4. The van der Waals surface area contributed by atoms with Crippen molar-refractivity contribution in [2.45, 2.75) is 66.7 Å². The molecule has 2 rings (SSSR count). The Morgan fingerprint density at radius 2 is 2.00 bits per heavy atom. The molecule has 0 heterocycles. The van der Waals surface area contributed by atoms with Crippen LogP contribution in [0.3, 0.4) is 0 Å². The summed E-state index contributed by atoms with van der Waals surface area (Å²) >= 11 is 0. The van der Waals surface area contributed by atoms with Gasteiger partial charge in [0.1, 0.15) is 0 Å². The number of esters is 1. The molecule has 0 N–H and O–H groups in total. The Balaban J connectivity index is 2.10. The van der Waals surface area contributed by atoms with Gasteiger partial charge in [-0.3, -0.25) is 0 Å². The van der Waals surface area contributed by atoms with Gasteiger partial charge in [0.05, 0.1) is 6.61 Å². The van der Waals surface area contributed by atoms with E-state index in [1.807, 2.05) is 26.0 Å². The SMILES string of the molecule is CCOC(=O)/C=C(C)/C=C/C=C(/C)C1=CC2=C(CCCC2(C)C)CC1. The van der Waals surface area contributed by atoms with Crippen molar-refractivity contribution >= 4 is 5.97 Å². The van der Waals surface area contributed by atoms with E-state index in [4.69, 9.17) is 4.74 Å². The summed E-state index contributed by atoms with van der Waals surface area (Å²) in [5.74, 6) is -0.278. The van der Waals surface area contributed by atoms with Crippen LogP contribution in [0.25, 0.3) is 0 Å². The normalized spacial score (nSPS) is 21.2. The molecule has 0 aromatic heterocycles. The topological polar surface area (TPSA) is 26.3 Å². The predicted molar refractivity (Wildman–Crippen MR) is 105 cm³/mol. The Kier molecular flexibility index (Phi) is 6.64. The third-order valence-corrected chi connectivity index (χ3v) is 5.25. The van der Waals surface area contributed by atoms with E-state index in [2.05, 4.69) is 32.9 Å². The second-order valence-electron chi connectivity index (χ2n) is 7.77. The van der Waals surface area contributed by atoms with E-state index >= 15 is 0 Å². The van der Waals surface area contributed by atoms with Crippen LogP contribution in [0.4, 0.5) is 0 Å². The highest BCUT2D eigenvalue weighted by atomic mass is 16.5. The van der Waals surface area contributed by atoms with Crippen LogP contribution < -0.4 is 0 Å². The lowest BCUT2D eigenvalue weighted by Crippen LogP contribution is -2.22. The zero-order valence-electron chi connectivity index (χ0n) is 16.4. The van der Waals surface area contributed by atoms with Crippen molar-refractivity contribution in [1.82, 2.24) is 0 Å². The van der Waals surface area contributed by atoms with E-state index < -0.39 is 0 Å². The van der Waals surface area contributed by atoms with Crippen LogP contribution in [0.5, 0.6) is 0 Å². The molecule has 0 aromatic rings. The minimum Gasteiger partial charge on any atom is -0.463 e. The van der Waals surface area contributed by atoms with Crippen molar-refractivity contribution in [2.24, 2.45) is 5.41 Å². The van der Waals surface area contributed by atoms with E-state index in [-0.39, 0.29) is 5.97 Å². The molecule has 0 amide bonds. The van der Waals surface area contributed by atoms with Crippen LogP contribution in [0.2, 0.25) is 0 Å². The first-order chi connectivity index (χ1) is 11.8. The van der Waals surface area contributed by atoms with Crippen LogP contribution in [0.1, 0.15) is 66.7 Å². The molecule has 0 fully saturated rings. The molecule has 25 heavy (non-hydrogen) atoms. The van der Waals surface area contributed by atoms with Gasteiger partial charge in [-0.05, 0) is 80.6 Å². The lowest BCUT2D eigenvalue weighted by molar-refractivity contribution is -0.137. The van der Waals surface area contributed by atoms with E-state index in [0.29, 0.717) is 12.0 Å². The van der Waals surface area contributed by atoms with Crippen LogP contribution >= 0.6 is 0 Å². The number of allylic oxidation sites excluding steroid dienone is 9. The summed E-state index contributed by atoms with van der Waals surface area (Å²) in [6, 6.07) is 0. The molecule has 0 radical (unpaired) electrons. The van der Waals surface area contributed by atoms with Crippen molar-refractivity contribution in [1.29, 1.82) is 0 Å². The Labute approximate surface area is 153 Å². The van der Waals surface area contributed by atoms with Crippen molar-refractivity contribution in [3.63, 3.8) is 0 Å². The third kappa shape index (κ3) is 5.32. The summed E-state index contributed by atoms with van der Waals surface area (Å²) in [6.07, 6.45) is 16.4. The maximum absolute atomic E-state index is 11.4. The van der Waals surface area contributed by atoms with Gasteiger partial charge in [0.15, 0.2) is 0 Å². The summed E-state index contributed by atoms with van der Waals surface area (Å²) in [6.45, 7) is 11.1. The molecule has 0 unspecified atom stereocenters. The minimum atomic E-state index is -0.278. The van der Waals surface area contributed by atoms with Crippen molar-refractivity contribution in [2.75, 3.05) is 6.61 Å². The zero-order chi connectivity index (χ0) is 18.4. The summed E-state index contributed by atoms with van der Waals surface area (Å²) in [4.78, 5) is 11.4. The van der Waals surface area contributed by atoms with Crippen molar-refractivity contribution < 1.29 is 9.53 Å². The van der Waals surface area contributed by atoms with Gasteiger partial charge in [-0.15, -0.1) is 0 Å². The highest BCUT2D eigenvalue weighted by Gasteiger charge is 2.30. The van der Waals surface area contributed by atoms with Crippen LogP contribution in [0, 0.1) is 5.41 Å². The van der Waals surface area contributed by atoms with E-state index in [1.54, 1.807) is 11.1 Å². The molecule has 0 atom stereocenters. The lowest BCUT2D eigenvalue weighted by atomic mass is 9.68. The van der Waals surface area contributed by atoms with E-state index in [1.165, 1.54) is 42.9 Å². The molecule has 136 valence electrons. The lowest BCUT2D eigenvalue weighted by Gasteiger charge is -2.37. The van der Waals surface area contributed by atoms with Gasteiger partial charge in [-0.25, -0.2) is 4.79 Å². The van der Waals surface area contributed by atoms with Crippen LogP contribution in [-0.2, 0) is 9.53 Å². The molecule has 0 saturated heterocycles. The average Bonchev–Trinajstić information content (AvgIpc) is 2.54. The molecule has 2 nitrogen and oxygen atoms in total. The summed E-state index contributed by atoms with van der Waals surface area (Å²) < 4.78 is 4.93. The predicted octanol–water partition coefficient (Wildman–Crippen LogP) is 6.23. The summed E-state index contributed by atoms with van der Waals surface area (Å²) in [5, 5.41) is 0. The van der Waals surface area contributed by atoms with E-state index in [9.17, 15) is 4.79 Å². The second kappa shape index (κ2) is 8.51. The molecule has 0 bridgehead atoms. The average molecular weight is 341 g/mol.